The van der Waals surface area contributed by atoms with E-state index in [0.29, 0.717) is 10.2 Å². The Bertz CT molecular complexity index is 320. The van der Waals surface area contributed by atoms with Gasteiger partial charge < -0.3 is 11.1 Å². The van der Waals surface area contributed by atoms with Crippen LogP contribution in [0.15, 0.2) is 16.6 Å². The van der Waals surface area contributed by atoms with E-state index in [1.54, 1.807) is 17.8 Å². The first-order valence-corrected chi connectivity index (χ1v) is 6.31. The van der Waals surface area contributed by atoms with Crippen LogP contribution in [0.25, 0.3) is 0 Å². The minimum atomic E-state index is -0.335. The molecule has 1 aromatic carbocycles. The second kappa shape index (κ2) is 5.46. The van der Waals surface area contributed by atoms with Crippen LogP contribution in [-0.2, 0) is 0 Å². The number of benzene rings is 1. The van der Waals surface area contributed by atoms with E-state index in [2.05, 4.69) is 21.2 Å². The average Bonchev–Trinajstić information content (AvgIpc) is 2.14. The van der Waals surface area contributed by atoms with Crippen molar-refractivity contribution in [2.24, 2.45) is 0 Å². The number of thioether (sulfide) groups is 1. The van der Waals surface area contributed by atoms with Crippen LogP contribution in [-0.4, -0.2) is 18.6 Å². The van der Waals surface area contributed by atoms with Crippen molar-refractivity contribution < 1.29 is 4.39 Å². The lowest BCUT2D eigenvalue weighted by atomic mass is 10.2. The van der Waals surface area contributed by atoms with Gasteiger partial charge >= 0.3 is 0 Å². The van der Waals surface area contributed by atoms with E-state index in [1.165, 1.54) is 6.07 Å². The van der Waals surface area contributed by atoms with E-state index in [9.17, 15) is 4.39 Å². The number of nitrogen functional groups attached to an aromatic ring is 1. The van der Waals surface area contributed by atoms with Gasteiger partial charge in [-0.05, 0) is 28.3 Å². The van der Waals surface area contributed by atoms with Gasteiger partial charge in [0.1, 0.15) is 5.82 Å². The highest BCUT2D eigenvalue weighted by molar-refractivity contribution is 9.10. The summed E-state index contributed by atoms with van der Waals surface area (Å²) in [5.41, 5.74) is 6.85. The number of halogens is 2. The molecule has 0 aliphatic heterocycles. The Morgan fingerprint density at radius 1 is 1.57 bits per heavy atom. The molecular weight excluding hydrogens is 267 g/mol. The molecule has 0 amide bonds. The van der Waals surface area contributed by atoms with Crippen molar-refractivity contribution in [3.63, 3.8) is 0 Å². The minimum Gasteiger partial charge on any atom is -0.397 e. The van der Waals surface area contributed by atoms with Crippen molar-refractivity contribution in [1.82, 2.24) is 0 Å². The second-order valence-electron chi connectivity index (χ2n) is 2.77. The van der Waals surface area contributed by atoms with E-state index < -0.39 is 0 Å². The summed E-state index contributed by atoms with van der Waals surface area (Å²) in [5.74, 6) is 0.659. The summed E-state index contributed by atoms with van der Waals surface area (Å²) >= 11 is 4.86. The van der Waals surface area contributed by atoms with Crippen LogP contribution in [0.1, 0.15) is 0 Å². The number of nitrogens with one attached hydrogen (secondary N) is 1. The molecular formula is C9H12BrFN2S. The first-order chi connectivity index (χ1) is 6.65. The molecule has 2 nitrogen and oxygen atoms in total. The first-order valence-electron chi connectivity index (χ1n) is 4.12. The van der Waals surface area contributed by atoms with E-state index in [4.69, 9.17) is 5.73 Å². The van der Waals surface area contributed by atoms with Crippen molar-refractivity contribution in [2.75, 3.05) is 29.6 Å². The van der Waals surface area contributed by atoms with Gasteiger partial charge in [-0.1, -0.05) is 0 Å². The standard InChI is InChI=1S/C9H12BrFN2S/c1-14-3-2-13-9-4-6(10)7(11)5-8(9)12/h4-5,13H,2-3,12H2,1H3. The Morgan fingerprint density at radius 2 is 2.29 bits per heavy atom. The lowest BCUT2D eigenvalue weighted by Crippen LogP contribution is -2.06. The van der Waals surface area contributed by atoms with Gasteiger partial charge in [0, 0.05) is 18.4 Å². The molecule has 3 N–H and O–H groups in total. The van der Waals surface area contributed by atoms with Crippen molar-refractivity contribution in [2.45, 2.75) is 0 Å². The molecule has 78 valence electrons. The van der Waals surface area contributed by atoms with Gasteiger partial charge in [-0.25, -0.2) is 4.39 Å². The summed E-state index contributed by atoms with van der Waals surface area (Å²) in [6.45, 7) is 0.823. The third-order valence-corrected chi connectivity index (χ3v) is 2.93. The maximum absolute atomic E-state index is 13.0. The number of anilines is 2. The van der Waals surface area contributed by atoms with Gasteiger partial charge in [-0.3, -0.25) is 0 Å². The molecule has 0 spiro atoms. The van der Waals surface area contributed by atoms with E-state index >= 15 is 0 Å². The fourth-order valence-electron chi connectivity index (χ4n) is 1.00. The molecule has 0 fully saturated rings. The lowest BCUT2D eigenvalue weighted by molar-refractivity contribution is 0.622. The molecule has 1 rings (SSSR count). The summed E-state index contributed by atoms with van der Waals surface area (Å²) in [5, 5.41) is 3.14. The summed E-state index contributed by atoms with van der Waals surface area (Å²) in [4.78, 5) is 0. The molecule has 1 aromatic rings. The van der Waals surface area contributed by atoms with E-state index in [1.807, 2.05) is 6.26 Å². The number of hydrogen-bond acceptors (Lipinski definition) is 3. The highest BCUT2D eigenvalue weighted by Gasteiger charge is 2.04. The summed E-state index contributed by atoms with van der Waals surface area (Å²) in [6.07, 6.45) is 2.03. The van der Waals surface area contributed by atoms with Crippen molar-refractivity contribution >= 4 is 39.1 Å². The van der Waals surface area contributed by atoms with Gasteiger partial charge in [0.25, 0.3) is 0 Å². The first kappa shape index (κ1) is 11.7. The van der Waals surface area contributed by atoms with Crippen LogP contribution < -0.4 is 11.1 Å². The van der Waals surface area contributed by atoms with Crippen LogP contribution >= 0.6 is 27.7 Å². The fraction of sp³-hybridized carbons (Fsp3) is 0.333. The average molecular weight is 279 g/mol. The zero-order valence-corrected chi connectivity index (χ0v) is 10.2. The molecule has 0 atom stereocenters. The van der Waals surface area contributed by atoms with Gasteiger partial charge in [0.2, 0.25) is 0 Å². The van der Waals surface area contributed by atoms with E-state index in [0.717, 1.165) is 18.0 Å². The molecule has 0 aliphatic rings. The molecule has 0 aromatic heterocycles. The second-order valence-corrected chi connectivity index (χ2v) is 4.61. The van der Waals surface area contributed by atoms with Crippen LogP contribution in [0.3, 0.4) is 0 Å². The molecule has 0 saturated carbocycles. The van der Waals surface area contributed by atoms with Crippen LogP contribution in [0.2, 0.25) is 0 Å². The third-order valence-electron chi connectivity index (χ3n) is 1.71. The van der Waals surface area contributed by atoms with Gasteiger partial charge in [0.05, 0.1) is 15.8 Å². The van der Waals surface area contributed by atoms with Gasteiger partial charge in [-0.2, -0.15) is 11.8 Å². The molecule has 5 heteroatoms. The Hall–Kier alpha value is -0.420. The van der Waals surface area contributed by atoms with Crippen LogP contribution in [0.5, 0.6) is 0 Å². The number of rotatable bonds is 4. The Balaban J connectivity index is 2.72. The minimum absolute atomic E-state index is 0.335. The summed E-state index contributed by atoms with van der Waals surface area (Å²) in [7, 11) is 0. The quantitative estimate of drug-likeness (QED) is 0.657. The van der Waals surface area contributed by atoms with Gasteiger partial charge in [0.15, 0.2) is 0 Å². The summed E-state index contributed by atoms with van der Waals surface area (Å²) < 4.78 is 13.4. The molecule has 0 aliphatic carbocycles. The predicted octanol–water partition coefficient (Wildman–Crippen LogP) is 2.95. The maximum Gasteiger partial charge on any atom is 0.139 e. The monoisotopic (exact) mass is 278 g/mol. The maximum atomic E-state index is 13.0. The van der Waals surface area contributed by atoms with Crippen LogP contribution in [0, 0.1) is 5.82 Å². The van der Waals surface area contributed by atoms with Crippen molar-refractivity contribution in [1.29, 1.82) is 0 Å². The molecule has 0 unspecified atom stereocenters. The Kier molecular flexibility index (Phi) is 4.54. The highest BCUT2D eigenvalue weighted by atomic mass is 79.9. The zero-order valence-electron chi connectivity index (χ0n) is 7.81. The normalized spacial score (nSPS) is 10.2. The molecule has 0 saturated heterocycles. The Labute approximate surface area is 95.6 Å². The molecule has 0 radical (unpaired) electrons. The number of nitrogens with two attached hydrogens (primary N) is 1. The van der Waals surface area contributed by atoms with Crippen molar-refractivity contribution in [3.05, 3.63) is 22.4 Å². The molecule has 14 heavy (non-hydrogen) atoms. The smallest absolute Gasteiger partial charge is 0.139 e. The Morgan fingerprint density at radius 3 is 2.93 bits per heavy atom. The summed E-state index contributed by atoms with van der Waals surface area (Å²) in [6, 6.07) is 2.97. The fourth-order valence-corrected chi connectivity index (χ4v) is 1.65. The van der Waals surface area contributed by atoms with E-state index in [-0.39, 0.29) is 5.82 Å². The number of hydrogen-bond donors (Lipinski definition) is 2. The van der Waals surface area contributed by atoms with Crippen molar-refractivity contribution in [3.8, 4) is 0 Å². The zero-order chi connectivity index (χ0) is 10.6. The van der Waals surface area contributed by atoms with Crippen LogP contribution in [0.4, 0.5) is 15.8 Å². The van der Waals surface area contributed by atoms with Gasteiger partial charge in [-0.15, -0.1) is 0 Å². The topological polar surface area (TPSA) is 38.0 Å². The highest BCUT2D eigenvalue weighted by Crippen LogP contribution is 2.26. The predicted molar refractivity (Wildman–Crippen MR) is 65.4 cm³/mol. The molecule has 0 heterocycles. The molecule has 0 bridgehead atoms. The SMILES string of the molecule is CSCCNc1cc(Br)c(F)cc1N. The lowest BCUT2D eigenvalue weighted by Gasteiger charge is -2.09. The largest absolute Gasteiger partial charge is 0.397 e. The third kappa shape index (κ3) is 3.06.